The fraction of sp³-hybridized carbons (Fsp3) is 0.133. The summed E-state index contributed by atoms with van der Waals surface area (Å²) in [6.07, 6.45) is 0. The van der Waals surface area contributed by atoms with Crippen molar-refractivity contribution in [3.8, 4) is 11.5 Å². The second-order valence-corrected chi connectivity index (χ2v) is 4.49. The van der Waals surface area contributed by atoms with E-state index in [2.05, 4.69) is 4.74 Å². The first-order chi connectivity index (χ1) is 9.63. The van der Waals surface area contributed by atoms with E-state index in [9.17, 15) is 4.79 Å². The van der Waals surface area contributed by atoms with Gasteiger partial charge in [0.25, 0.3) is 0 Å². The van der Waals surface area contributed by atoms with Gasteiger partial charge in [0.1, 0.15) is 11.5 Å². The molecule has 0 aromatic heterocycles. The predicted octanol–water partition coefficient (Wildman–Crippen LogP) is 3.38. The third kappa shape index (κ3) is 3.29. The number of nitrogens with two attached hydrogens (primary N) is 1. The third-order valence-electron chi connectivity index (χ3n) is 2.74. The molecule has 0 saturated heterocycles. The molecule has 0 amide bonds. The lowest BCUT2D eigenvalue weighted by molar-refractivity contribution is 0.0600. The summed E-state index contributed by atoms with van der Waals surface area (Å²) in [6, 6.07) is 12.1. The first-order valence-corrected chi connectivity index (χ1v) is 6.36. The third-order valence-corrected chi connectivity index (χ3v) is 3.05. The van der Waals surface area contributed by atoms with E-state index < -0.39 is 5.97 Å². The molecule has 5 heteroatoms. The highest BCUT2D eigenvalue weighted by Gasteiger charge is 2.10. The number of hydrogen-bond acceptors (Lipinski definition) is 4. The maximum atomic E-state index is 11.5. The zero-order valence-electron chi connectivity index (χ0n) is 10.9. The fourth-order valence-corrected chi connectivity index (χ4v) is 1.80. The molecule has 0 radical (unpaired) electrons. The number of methoxy groups -OCH3 is 1. The van der Waals surface area contributed by atoms with Gasteiger partial charge in [-0.2, -0.15) is 0 Å². The molecule has 0 saturated carbocycles. The Balaban J connectivity index is 2.25. The van der Waals surface area contributed by atoms with Crippen LogP contribution in [0.5, 0.6) is 11.5 Å². The molecule has 2 aromatic rings. The van der Waals surface area contributed by atoms with Crippen molar-refractivity contribution in [2.75, 3.05) is 7.11 Å². The molecule has 20 heavy (non-hydrogen) atoms. The highest BCUT2D eigenvalue weighted by molar-refractivity contribution is 6.32. The van der Waals surface area contributed by atoms with Gasteiger partial charge in [-0.05, 0) is 35.9 Å². The van der Waals surface area contributed by atoms with E-state index in [1.165, 1.54) is 7.11 Å². The average molecular weight is 292 g/mol. The number of ether oxygens (including phenoxy) is 2. The number of carbonyl (C=O) groups is 1. The Morgan fingerprint density at radius 2 is 1.90 bits per heavy atom. The van der Waals surface area contributed by atoms with E-state index in [0.717, 1.165) is 5.56 Å². The molecule has 0 aliphatic heterocycles. The number of benzene rings is 2. The minimum Gasteiger partial charge on any atom is -0.465 e. The molecule has 2 rings (SSSR count). The first kappa shape index (κ1) is 14.4. The van der Waals surface area contributed by atoms with Gasteiger partial charge in [0.2, 0.25) is 0 Å². The van der Waals surface area contributed by atoms with Crippen LogP contribution in [0.4, 0.5) is 0 Å². The number of carbonyl (C=O) groups excluding carboxylic acids is 1. The predicted molar refractivity (Wildman–Crippen MR) is 77.2 cm³/mol. The summed E-state index contributed by atoms with van der Waals surface area (Å²) in [7, 11) is 1.32. The summed E-state index contributed by atoms with van der Waals surface area (Å²) in [5.41, 5.74) is 6.92. The quantitative estimate of drug-likeness (QED) is 0.877. The minimum atomic E-state index is -0.440. The van der Waals surface area contributed by atoms with Crippen LogP contribution in [0.1, 0.15) is 15.9 Å². The molecular formula is C15H14ClNO3. The molecule has 0 fully saturated rings. The highest BCUT2D eigenvalue weighted by Crippen LogP contribution is 2.30. The molecule has 0 aliphatic carbocycles. The van der Waals surface area contributed by atoms with Crippen LogP contribution >= 0.6 is 11.6 Å². The van der Waals surface area contributed by atoms with Crippen LogP contribution in [0.25, 0.3) is 0 Å². The molecule has 0 bridgehead atoms. The van der Waals surface area contributed by atoms with Gasteiger partial charge < -0.3 is 15.2 Å². The summed E-state index contributed by atoms with van der Waals surface area (Å²) >= 11 is 6.06. The molecule has 0 aliphatic rings. The first-order valence-electron chi connectivity index (χ1n) is 5.98. The summed E-state index contributed by atoms with van der Waals surface area (Å²) in [5.74, 6) is 0.575. The van der Waals surface area contributed by atoms with Crippen LogP contribution in [0.3, 0.4) is 0 Å². The Morgan fingerprint density at radius 3 is 2.50 bits per heavy atom. The number of halogens is 1. The normalized spacial score (nSPS) is 10.2. The van der Waals surface area contributed by atoms with Crippen molar-refractivity contribution in [1.82, 2.24) is 0 Å². The van der Waals surface area contributed by atoms with Gasteiger partial charge in [0.05, 0.1) is 17.7 Å². The van der Waals surface area contributed by atoms with Gasteiger partial charge in [-0.3, -0.25) is 0 Å². The number of rotatable bonds is 4. The highest BCUT2D eigenvalue weighted by atomic mass is 35.5. The maximum Gasteiger partial charge on any atom is 0.337 e. The van der Waals surface area contributed by atoms with Crippen LogP contribution < -0.4 is 10.5 Å². The van der Waals surface area contributed by atoms with Gasteiger partial charge >= 0.3 is 5.97 Å². The average Bonchev–Trinajstić information content (AvgIpc) is 2.49. The summed E-state index contributed by atoms with van der Waals surface area (Å²) < 4.78 is 10.3. The minimum absolute atomic E-state index is 0.380. The second-order valence-electron chi connectivity index (χ2n) is 4.09. The Hall–Kier alpha value is -2.04. The molecule has 104 valence electrons. The fourth-order valence-electron chi connectivity index (χ4n) is 1.65. The lowest BCUT2D eigenvalue weighted by Crippen LogP contribution is -2.01. The maximum absolute atomic E-state index is 11.5. The van der Waals surface area contributed by atoms with Crippen LogP contribution in [0.15, 0.2) is 42.5 Å². The molecule has 0 heterocycles. The van der Waals surface area contributed by atoms with Gasteiger partial charge in [0, 0.05) is 6.54 Å². The monoisotopic (exact) mass is 291 g/mol. The van der Waals surface area contributed by atoms with E-state index in [-0.39, 0.29) is 0 Å². The van der Waals surface area contributed by atoms with Crippen molar-refractivity contribution in [2.45, 2.75) is 6.54 Å². The Morgan fingerprint density at radius 1 is 1.20 bits per heavy atom. The van der Waals surface area contributed by atoms with E-state index in [0.29, 0.717) is 28.6 Å². The van der Waals surface area contributed by atoms with Crippen LogP contribution in [0, 0.1) is 0 Å². The van der Waals surface area contributed by atoms with E-state index in [1.807, 2.05) is 12.1 Å². The Labute approximate surface area is 122 Å². The topological polar surface area (TPSA) is 61.5 Å². The van der Waals surface area contributed by atoms with Crippen molar-refractivity contribution >= 4 is 17.6 Å². The largest absolute Gasteiger partial charge is 0.465 e. The lowest BCUT2D eigenvalue weighted by Gasteiger charge is -2.09. The lowest BCUT2D eigenvalue weighted by atomic mass is 10.2. The van der Waals surface area contributed by atoms with Gasteiger partial charge in [-0.1, -0.05) is 23.7 Å². The van der Waals surface area contributed by atoms with Crippen molar-refractivity contribution < 1.29 is 14.3 Å². The zero-order valence-corrected chi connectivity index (χ0v) is 11.7. The Kier molecular flexibility index (Phi) is 4.61. The van der Waals surface area contributed by atoms with E-state index in [1.54, 1.807) is 30.3 Å². The van der Waals surface area contributed by atoms with E-state index in [4.69, 9.17) is 22.1 Å². The smallest absolute Gasteiger partial charge is 0.337 e. The standard InChI is InChI=1S/C15H14ClNO3/c1-19-15(18)11-4-7-13(16)14(8-11)20-12-5-2-10(9-17)3-6-12/h2-8H,9,17H2,1H3. The SMILES string of the molecule is COC(=O)c1ccc(Cl)c(Oc2ccc(CN)cc2)c1. The number of hydrogen-bond donors (Lipinski definition) is 1. The summed E-state index contributed by atoms with van der Waals surface area (Å²) in [5, 5.41) is 0.417. The molecule has 2 aromatic carbocycles. The molecule has 0 unspecified atom stereocenters. The van der Waals surface area contributed by atoms with Crippen molar-refractivity contribution in [2.24, 2.45) is 5.73 Å². The molecule has 0 atom stereocenters. The second kappa shape index (κ2) is 6.41. The molecule has 2 N–H and O–H groups in total. The van der Waals surface area contributed by atoms with Crippen LogP contribution in [-0.4, -0.2) is 13.1 Å². The van der Waals surface area contributed by atoms with Gasteiger partial charge in [-0.25, -0.2) is 4.79 Å². The summed E-state index contributed by atoms with van der Waals surface area (Å²) in [4.78, 5) is 11.5. The zero-order chi connectivity index (χ0) is 14.5. The van der Waals surface area contributed by atoms with E-state index >= 15 is 0 Å². The number of esters is 1. The van der Waals surface area contributed by atoms with Crippen molar-refractivity contribution in [3.63, 3.8) is 0 Å². The Bertz CT molecular complexity index is 611. The van der Waals surface area contributed by atoms with Gasteiger partial charge in [0.15, 0.2) is 0 Å². The molecular weight excluding hydrogens is 278 g/mol. The summed E-state index contributed by atoms with van der Waals surface area (Å²) in [6.45, 7) is 0.471. The molecule has 0 spiro atoms. The van der Waals surface area contributed by atoms with Crippen molar-refractivity contribution in [3.05, 3.63) is 58.6 Å². The van der Waals surface area contributed by atoms with Crippen LogP contribution in [-0.2, 0) is 11.3 Å². The van der Waals surface area contributed by atoms with Crippen molar-refractivity contribution in [1.29, 1.82) is 0 Å². The van der Waals surface area contributed by atoms with Crippen LogP contribution in [0.2, 0.25) is 5.02 Å². The molecule has 4 nitrogen and oxygen atoms in total. The van der Waals surface area contributed by atoms with Gasteiger partial charge in [-0.15, -0.1) is 0 Å².